The lowest BCUT2D eigenvalue weighted by molar-refractivity contribution is 0.411. The highest BCUT2D eigenvalue weighted by molar-refractivity contribution is 7.24. The summed E-state index contributed by atoms with van der Waals surface area (Å²) in [6, 6.07) is 30.4. The molecule has 0 aliphatic heterocycles. The number of hydrogen-bond acceptors (Lipinski definition) is 5. The van der Waals surface area contributed by atoms with Gasteiger partial charge in [-0.05, 0) is 87.6 Å². The molecule has 51 heavy (non-hydrogen) atoms. The molecule has 4 nitrogen and oxygen atoms in total. The molecule has 0 unspecified atom stereocenters. The molecule has 8 rings (SSSR count). The van der Waals surface area contributed by atoms with Crippen molar-refractivity contribution in [3.63, 3.8) is 0 Å². The molecule has 0 bridgehead atoms. The number of ether oxygens (including phenoxy) is 1. The Labute approximate surface area is 304 Å². The third kappa shape index (κ3) is 6.16. The average Bonchev–Trinajstić information content (AvgIpc) is 3.37. The Kier molecular flexibility index (Phi) is 7.63. The van der Waals surface area contributed by atoms with E-state index in [1.165, 1.54) is 15.8 Å². The Bertz CT molecular complexity index is 2660. The van der Waals surface area contributed by atoms with E-state index in [9.17, 15) is 0 Å². The zero-order valence-electron chi connectivity index (χ0n) is 31.4. The van der Waals surface area contributed by atoms with Crippen LogP contribution in [0.1, 0.15) is 84.6 Å². The summed E-state index contributed by atoms with van der Waals surface area (Å²) < 4.78 is 15.8. The van der Waals surface area contributed by atoms with Crippen LogP contribution in [0, 0.1) is 12.3 Å². The fourth-order valence-electron chi connectivity index (χ4n) is 7.23. The molecule has 0 saturated heterocycles. The molecule has 0 atom stereocenters. The van der Waals surface area contributed by atoms with Crippen molar-refractivity contribution in [3.8, 4) is 23.0 Å². The van der Waals surface area contributed by atoms with Crippen molar-refractivity contribution in [2.45, 2.75) is 86.5 Å². The predicted octanol–water partition coefficient (Wildman–Crippen LogP) is 13.8. The zero-order valence-corrected chi connectivity index (χ0v) is 32.2. The molecule has 4 heterocycles. The molecule has 0 N–H and O–H groups in total. The average molecular weight is 691 g/mol. The van der Waals surface area contributed by atoms with Gasteiger partial charge in [-0.15, -0.1) is 11.3 Å². The summed E-state index contributed by atoms with van der Waals surface area (Å²) in [6.07, 6.45) is 0.959. The third-order valence-corrected chi connectivity index (χ3v) is 11.1. The van der Waals surface area contributed by atoms with Gasteiger partial charge < -0.3 is 9.15 Å². The van der Waals surface area contributed by atoms with Crippen LogP contribution in [0.15, 0.2) is 89.3 Å². The second kappa shape index (κ2) is 11.6. The van der Waals surface area contributed by atoms with Gasteiger partial charge in [-0.3, -0.25) is 0 Å². The van der Waals surface area contributed by atoms with Gasteiger partial charge >= 0.3 is 0 Å². The first-order chi connectivity index (χ1) is 24.0. The van der Waals surface area contributed by atoms with E-state index >= 15 is 0 Å². The Balaban J connectivity index is 1.36. The van der Waals surface area contributed by atoms with Crippen LogP contribution < -0.4 is 4.74 Å². The number of rotatable bonds is 4. The molecule has 0 radical (unpaired) electrons. The van der Waals surface area contributed by atoms with Crippen molar-refractivity contribution in [3.05, 3.63) is 107 Å². The maximum Gasteiger partial charge on any atom is 0.222 e. The van der Waals surface area contributed by atoms with Gasteiger partial charge in [0.1, 0.15) is 11.2 Å². The van der Waals surface area contributed by atoms with Crippen LogP contribution in [0.5, 0.6) is 11.8 Å². The number of aromatic nitrogens is 2. The number of furan rings is 1. The predicted molar refractivity (Wildman–Crippen MR) is 217 cm³/mol. The quantitative estimate of drug-likeness (QED) is 0.184. The summed E-state index contributed by atoms with van der Waals surface area (Å²) in [4.78, 5) is 10.4. The number of fused-ring (bicyclic) bond motifs is 4. The molecule has 0 amide bonds. The van der Waals surface area contributed by atoms with Gasteiger partial charge in [0, 0.05) is 43.9 Å². The minimum atomic E-state index is -0.105. The molecule has 0 aliphatic rings. The SMILES string of the molecule is Cc1cc(Oc2cc(C(C)(C)C)cc(-c3cccc(C(C)(C)C)c3)n2)nc2c1sc1cc(CC(C)(C)C)cc3oc4c5ccccc5cc2c4c31. The largest absolute Gasteiger partial charge is 0.455 e. The van der Waals surface area contributed by atoms with E-state index in [4.69, 9.17) is 19.1 Å². The normalized spacial score (nSPS) is 13.0. The summed E-state index contributed by atoms with van der Waals surface area (Å²) in [6.45, 7) is 22.4. The topological polar surface area (TPSA) is 48.2 Å². The van der Waals surface area contributed by atoms with E-state index in [-0.39, 0.29) is 16.2 Å². The van der Waals surface area contributed by atoms with E-state index in [0.29, 0.717) is 11.8 Å². The number of nitrogens with zero attached hydrogens (tertiary/aromatic N) is 2. The lowest BCUT2D eigenvalue weighted by atomic mass is 9.84. The Hall–Kier alpha value is -4.74. The van der Waals surface area contributed by atoms with E-state index < -0.39 is 0 Å². The van der Waals surface area contributed by atoms with Crippen LogP contribution in [-0.4, -0.2) is 9.97 Å². The molecule has 0 aliphatic carbocycles. The molecule has 5 heteroatoms. The molecular formula is C46H46N2O2S. The molecule has 8 aromatic rings. The monoisotopic (exact) mass is 690 g/mol. The van der Waals surface area contributed by atoms with Gasteiger partial charge in [-0.25, -0.2) is 9.97 Å². The van der Waals surface area contributed by atoms with Crippen molar-refractivity contribution in [2.24, 2.45) is 5.41 Å². The lowest BCUT2D eigenvalue weighted by Crippen LogP contribution is -2.12. The van der Waals surface area contributed by atoms with Crippen LogP contribution >= 0.6 is 11.3 Å². The summed E-state index contributed by atoms with van der Waals surface area (Å²) >= 11 is 1.79. The second-order valence-electron chi connectivity index (χ2n) is 17.5. The van der Waals surface area contributed by atoms with Crippen molar-refractivity contribution in [2.75, 3.05) is 0 Å². The standard InChI is InChI=1S/C46H46N2O2S/c1-26-18-37(50-38-24-31(46(8,9)10)23-34(47-38)29-15-13-16-30(21-29)45(5,6)7)48-41-33-22-28-14-11-12-17-32(28)42-39(33)40-35(49-42)19-27(25-44(2,3)4)20-36(40)51-43(26)41/h11-24H,25H2,1-10H3. The maximum absolute atomic E-state index is 6.80. The summed E-state index contributed by atoms with van der Waals surface area (Å²) in [5, 5.41) is 5.58. The second-order valence-corrected chi connectivity index (χ2v) is 18.5. The van der Waals surface area contributed by atoms with Crippen molar-refractivity contribution in [1.29, 1.82) is 0 Å². The van der Waals surface area contributed by atoms with Crippen LogP contribution in [-0.2, 0) is 17.3 Å². The third-order valence-electron chi connectivity index (χ3n) is 9.83. The van der Waals surface area contributed by atoms with Gasteiger partial charge in [0.25, 0.3) is 0 Å². The first kappa shape index (κ1) is 33.4. The van der Waals surface area contributed by atoms with Gasteiger partial charge in [0.05, 0.1) is 15.9 Å². The van der Waals surface area contributed by atoms with Gasteiger partial charge in [0.15, 0.2) is 0 Å². The van der Waals surface area contributed by atoms with Gasteiger partial charge in [0.2, 0.25) is 11.8 Å². The van der Waals surface area contributed by atoms with Gasteiger partial charge in [-0.2, -0.15) is 0 Å². The number of benzene rings is 4. The first-order valence-electron chi connectivity index (χ1n) is 17.9. The maximum atomic E-state index is 6.80. The van der Waals surface area contributed by atoms with Gasteiger partial charge in [-0.1, -0.05) is 105 Å². The fraction of sp³-hybridized carbons (Fsp3) is 0.304. The minimum absolute atomic E-state index is 0.0286. The molecule has 0 spiro atoms. The highest BCUT2D eigenvalue weighted by atomic mass is 32.1. The lowest BCUT2D eigenvalue weighted by Gasteiger charge is -2.22. The first-order valence-corrected chi connectivity index (χ1v) is 18.8. The summed E-state index contributed by atoms with van der Waals surface area (Å²) in [5.41, 5.74) is 9.61. The zero-order chi connectivity index (χ0) is 36.0. The number of hydrogen-bond donors (Lipinski definition) is 0. The van der Waals surface area contributed by atoms with Crippen LogP contribution in [0.4, 0.5) is 0 Å². The fourth-order valence-corrected chi connectivity index (χ4v) is 8.43. The van der Waals surface area contributed by atoms with Crippen LogP contribution in [0.2, 0.25) is 0 Å². The number of aryl methyl sites for hydroxylation is 1. The van der Waals surface area contributed by atoms with E-state index in [1.54, 1.807) is 11.3 Å². The molecule has 4 aromatic heterocycles. The van der Waals surface area contributed by atoms with Crippen molar-refractivity contribution in [1.82, 2.24) is 9.97 Å². The molecule has 0 fully saturated rings. The molecule has 258 valence electrons. The molecule has 0 saturated carbocycles. The van der Waals surface area contributed by atoms with Crippen LogP contribution in [0.25, 0.3) is 64.3 Å². The molecule has 4 aromatic carbocycles. The Morgan fingerprint density at radius 2 is 1.43 bits per heavy atom. The highest BCUT2D eigenvalue weighted by Gasteiger charge is 2.23. The van der Waals surface area contributed by atoms with E-state index in [2.05, 4.69) is 154 Å². The summed E-state index contributed by atoms with van der Waals surface area (Å²) in [5.74, 6) is 1.07. The Morgan fingerprint density at radius 1 is 0.686 bits per heavy atom. The Morgan fingerprint density at radius 3 is 2.18 bits per heavy atom. The molecular weight excluding hydrogens is 645 g/mol. The van der Waals surface area contributed by atoms with E-state index in [1.807, 2.05) is 0 Å². The van der Waals surface area contributed by atoms with Crippen molar-refractivity contribution < 1.29 is 9.15 Å². The highest BCUT2D eigenvalue weighted by Crippen LogP contribution is 2.46. The summed E-state index contributed by atoms with van der Waals surface area (Å²) in [7, 11) is 0. The van der Waals surface area contributed by atoms with Crippen LogP contribution in [0.3, 0.4) is 0 Å². The van der Waals surface area contributed by atoms with E-state index in [0.717, 1.165) is 77.1 Å². The smallest absolute Gasteiger partial charge is 0.222 e. The van der Waals surface area contributed by atoms with Crippen molar-refractivity contribution >= 4 is 64.4 Å². The minimum Gasteiger partial charge on any atom is -0.455 e. The number of pyridine rings is 2.